The fraction of sp³-hybridized carbons (Fsp3) is 0.474. The third-order valence-corrected chi connectivity index (χ3v) is 4.33. The topological polar surface area (TPSA) is 68.2 Å². The Morgan fingerprint density at radius 2 is 2.27 bits per heavy atom. The molecule has 1 unspecified atom stereocenters. The Kier molecular flexibility index (Phi) is 7.48. The van der Waals surface area contributed by atoms with E-state index in [4.69, 9.17) is 4.74 Å². The number of anilines is 1. The molecule has 0 radical (unpaired) electrons. The van der Waals surface area contributed by atoms with Gasteiger partial charge in [-0.25, -0.2) is 0 Å². The summed E-state index contributed by atoms with van der Waals surface area (Å²) in [5.74, 6) is 0.485. The number of ether oxygens (including phenoxy) is 1. The van der Waals surface area contributed by atoms with Crippen LogP contribution in [0.3, 0.4) is 0 Å². The summed E-state index contributed by atoms with van der Waals surface area (Å²) < 4.78 is 7.65. The van der Waals surface area contributed by atoms with Crippen LogP contribution >= 0.6 is 12.4 Å². The molecule has 1 aromatic carbocycles. The van der Waals surface area contributed by atoms with E-state index in [1.165, 1.54) is 0 Å². The monoisotopic (exact) mass is 378 g/mol. The van der Waals surface area contributed by atoms with E-state index in [-0.39, 0.29) is 18.3 Å². The van der Waals surface area contributed by atoms with Crippen molar-refractivity contribution >= 4 is 24.0 Å². The standard InChI is InChI=1S/C19H26N4O2.ClH/c1-3-11-25-18-12-14(2)6-7-16(18)21-19(24)17-8-10-23(22-17)15-5-4-9-20-13-15;/h6-8,10,12,15,20H,3-5,9,11,13H2,1-2H3,(H,21,24);1H. The van der Waals surface area contributed by atoms with Gasteiger partial charge in [0.1, 0.15) is 5.75 Å². The lowest BCUT2D eigenvalue weighted by Crippen LogP contribution is -2.32. The van der Waals surface area contributed by atoms with Crippen LogP contribution in [0.25, 0.3) is 0 Å². The van der Waals surface area contributed by atoms with Crippen molar-refractivity contribution in [1.82, 2.24) is 15.1 Å². The molecule has 2 N–H and O–H groups in total. The average Bonchev–Trinajstić information content (AvgIpc) is 3.13. The van der Waals surface area contributed by atoms with E-state index in [2.05, 4.69) is 22.7 Å². The first kappa shape index (κ1) is 20.3. The number of rotatable bonds is 6. The quantitative estimate of drug-likeness (QED) is 0.806. The van der Waals surface area contributed by atoms with Crippen LogP contribution in [-0.2, 0) is 0 Å². The third kappa shape index (κ3) is 4.99. The molecule has 1 aromatic heterocycles. The Morgan fingerprint density at radius 1 is 1.42 bits per heavy atom. The lowest BCUT2D eigenvalue weighted by atomic mass is 10.1. The highest BCUT2D eigenvalue weighted by Gasteiger charge is 2.18. The number of aromatic nitrogens is 2. The molecule has 0 spiro atoms. The molecule has 0 saturated carbocycles. The number of hydrogen-bond acceptors (Lipinski definition) is 4. The highest BCUT2D eigenvalue weighted by molar-refractivity contribution is 6.03. The summed E-state index contributed by atoms with van der Waals surface area (Å²) in [5, 5.41) is 10.8. The summed E-state index contributed by atoms with van der Waals surface area (Å²) in [7, 11) is 0. The second-order valence-corrected chi connectivity index (χ2v) is 6.48. The van der Waals surface area contributed by atoms with Crippen molar-refractivity contribution in [1.29, 1.82) is 0 Å². The largest absolute Gasteiger partial charge is 0.491 e. The van der Waals surface area contributed by atoms with Gasteiger partial charge in [0.15, 0.2) is 5.69 Å². The molecular formula is C19H27ClN4O2. The molecule has 142 valence electrons. The number of benzene rings is 1. The van der Waals surface area contributed by atoms with Gasteiger partial charge in [-0.05, 0) is 56.5 Å². The van der Waals surface area contributed by atoms with Crippen molar-refractivity contribution in [3.8, 4) is 5.75 Å². The highest BCUT2D eigenvalue weighted by Crippen LogP contribution is 2.26. The number of nitrogens with zero attached hydrogens (tertiary/aromatic N) is 2. The number of hydrogen-bond donors (Lipinski definition) is 2. The lowest BCUT2D eigenvalue weighted by molar-refractivity contribution is 0.102. The van der Waals surface area contributed by atoms with Gasteiger partial charge >= 0.3 is 0 Å². The van der Waals surface area contributed by atoms with E-state index in [0.717, 1.165) is 37.9 Å². The highest BCUT2D eigenvalue weighted by atomic mass is 35.5. The minimum absolute atomic E-state index is 0. The van der Waals surface area contributed by atoms with Crippen LogP contribution in [0.4, 0.5) is 5.69 Å². The molecule has 1 amide bonds. The van der Waals surface area contributed by atoms with Gasteiger partial charge < -0.3 is 15.4 Å². The number of piperidine rings is 1. The van der Waals surface area contributed by atoms with Gasteiger partial charge in [-0.3, -0.25) is 9.48 Å². The Morgan fingerprint density at radius 3 is 3.00 bits per heavy atom. The molecule has 1 fully saturated rings. The molecule has 7 heteroatoms. The predicted octanol–water partition coefficient (Wildman–Crippen LogP) is 3.58. The summed E-state index contributed by atoms with van der Waals surface area (Å²) in [5.41, 5.74) is 2.20. The van der Waals surface area contributed by atoms with E-state index in [1.807, 2.05) is 36.0 Å². The first-order chi connectivity index (χ1) is 12.2. The van der Waals surface area contributed by atoms with Gasteiger partial charge in [-0.2, -0.15) is 5.10 Å². The van der Waals surface area contributed by atoms with Crippen molar-refractivity contribution < 1.29 is 9.53 Å². The summed E-state index contributed by atoms with van der Waals surface area (Å²) in [6, 6.07) is 7.86. The number of halogens is 1. The zero-order valence-electron chi connectivity index (χ0n) is 15.3. The van der Waals surface area contributed by atoms with Gasteiger partial charge in [-0.1, -0.05) is 13.0 Å². The van der Waals surface area contributed by atoms with E-state index < -0.39 is 0 Å². The summed E-state index contributed by atoms with van der Waals surface area (Å²) in [6.45, 7) is 6.63. The second kappa shape index (κ2) is 9.59. The Hall–Kier alpha value is -2.05. The van der Waals surface area contributed by atoms with E-state index in [0.29, 0.717) is 29.8 Å². The fourth-order valence-corrected chi connectivity index (χ4v) is 2.97. The average molecular weight is 379 g/mol. The smallest absolute Gasteiger partial charge is 0.276 e. The van der Waals surface area contributed by atoms with Crippen LogP contribution in [0.5, 0.6) is 5.75 Å². The predicted molar refractivity (Wildman–Crippen MR) is 106 cm³/mol. The normalized spacial score (nSPS) is 16.6. The molecule has 1 aliphatic heterocycles. The summed E-state index contributed by atoms with van der Waals surface area (Å²) >= 11 is 0. The molecule has 2 heterocycles. The zero-order chi connectivity index (χ0) is 17.6. The van der Waals surface area contributed by atoms with Crippen molar-refractivity contribution in [2.75, 3.05) is 25.0 Å². The van der Waals surface area contributed by atoms with Crippen molar-refractivity contribution in [3.05, 3.63) is 41.7 Å². The maximum atomic E-state index is 12.6. The Labute approximate surface area is 160 Å². The number of amides is 1. The van der Waals surface area contributed by atoms with E-state index >= 15 is 0 Å². The van der Waals surface area contributed by atoms with Crippen LogP contribution in [0.2, 0.25) is 0 Å². The first-order valence-electron chi connectivity index (χ1n) is 8.98. The first-order valence-corrected chi connectivity index (χ1v) is 8.98. The maximum absolute atomic E-state index is 12.6. The van der Waals surface area contributed by atoms with Gasteiger partial charge in [0.25, 0.3) is 5.91 Å². The molecule has 1 aliphatic rings. The molecule has 0 bridgehead atoms. The van der Waals surface area contributed by atoms with Crippen molar-refractivity contribution in [3.63, 3.8) is 0 Å². The molecule has 2 aromatic rings. The van der Waals surface area contributed by atoms with E-state index in [1.54, 1.807) is 6.07 Å². The minimum Gasteiger partial charge on any atom is -0.491 e. The minimum atomic E-state index is -0.215. The van der Waals surface area contributed by atoms with Crippen LogP contribution in [0.1, 0.15) is 48.3 Å². The van der Waals surface area contributed by atoms with Crippen LogP contribution in [0.15, 0.2) is 30.5 Å². The van der Waals surface area contributed by atoms with Crippen molar-refractivity contribution in [2.45, 2.75) is 39.2 Å². The number of aryl methyl sites for hydroxylation is 1. The number of carbonyl (C=O) groups excluding carboxylic acids is 1. The molecule has 1 atom stereocenters. The van der Waals surface area contributed by atoms with Gasteiger partial charge in [-0.15, -0.1) is 12.4 Å². The Bertz CT molecular complexity index is 726. The van der Waals surface area contributed by atoms with E-state index in [9.17, 15) is 4.79 Å². The van der Waals surface area contributed by atoms with Crippen LogP contribution in [0, 0.1) is 6.92 Å². The molecular weight excluding hydrogens is 352 g/mol. The SMILES string of the molecule is CCCOc1cc(C)ccc1NC(=O)c1ccn(C2CCCNC2)n1.Cl. The Balaban J connectivity index is 0.00000243. The number of nitrogens with one attached hydrogen (secondary N) is 2. The number of carbonyl (C=O) groups is 1. The molecule has 6 nitrogen and oxygen atoms in total. The lowest BCUT2D eigenvalue weighted by Gasteiger charge is -2.22. The van der Waals surface area contributed by atoms with Gasteiger partial charge in [0, 0.05) is 12.7 Å². The second-order valence-electron chi connectivity index (χ2n) is 6.48. The van der Waals surface area contributed by atoms with Crippen molar-refractivity contribution in [2.24, 2.45) is 0 Å². The van der Waals surface area contributed by atoms with Crippen LogP contribution < -0.4 is 15.4 Å². The molecule has 26 heavy (non-hydrogen) atoms. The zero-order valence-corrected chi connectivity index (χ0v) is 16.1. The molecule has 0 aliphatic carbocycles. The fourth-order valence-electron chi connectivity index (χ4n) is 2.97. The maximum Gasteiger partial charge on any atom is 0.276 e. The van der Waals surface area contributed by atoms with Gasteiger partial charge in [0.2, 0.25) is 0 Å². The van der Waals surface area contributed by atoms with Gasteiger partial charge in [0.05, 0.1) is 18.3 Å². The molecule has 3 rings (SSSR count). The summed E-state index contributed by atoms with van der Waals surface area (Å²) in [6.07, 6.45) is 5.02. The summed E-state index contributed by atoms with van der Waals surface area (Å²) in [4.78, 5) is 12.6. The van der Waals surface area contributed by atoms with Crippen LogP contribution in [-0.4, -0.2) is 35.4 Å². The molecule has 1 saturated heterocycles. The third-order valence-electron chi connectivity index (χ3n) is 4.33.